The molecule has 1 N–H and O–H groups in total. The molecule has 1 unspecified atom stereocenters. The highest BCUT2D eigenvalue weighted by molar-refractivity contribution is 7.63. The molecule has 0 fully saturated rings. The third-order valence-electron chi connectivity index (χ3n) is 2.72. The topological polar surface area (TPSA) is 55.4 Å². The molecule has 0 aromatic heterocycles. The smallest absolute Gasteiger partial charge is 0.163 e. The third-order valence-corrected chi connectivity index (χ3v) is 4.84. The number of carbonyl (C=O) groups is 1. The van der Waals surface area contributed by atoms with Gasteiger partial charge >= 0.3 is 0 Å². The van der Waals surface area contributed by atoms with Gasteiger partial charge in [-0.15, -0.1) is 0 Å². The summed E-state index contributed by atoms with van der Waals surface area (Å²) < 4.78 is 12.2. The Labute approximate surface area is 105 Å². The van der Waals surface area contributed by atoms with E-state index in [0.717, 1.165) is 0 Å². The summed E-state index contributed by atoms with van der Waals surface area (Å²) in [7, 11) is -2.36. The lowest BCUT2D eigenvalue weighted by molar-refractivity contribution is -0.151. The maximum absolute atomic E-state index is 12.2. The molecule has 1 atom stereocenters. The van der Waals surface area contributed by atoms with Crippen LogP contribution in [0, 0.1) is 5.41 Å². The van der Waals surface area contributed by atoms with Crippen molar-refractivity contribution in [1.29, 1.82) is 0 Å². The quantitative estimate of drug-likeness (QED) is 0.612. The second-order valence-corrected chi connectivity index (χ2v) is 9.87. The van der Waals surface area contributed by atoms with E-state index < -0.39 is 12.7 Å². The first kappa shape index (κ1) is 16.8. The molecule has 0 spiro atoms. The average molecular weight is 263 g/mol. The van der Waals surface area contributed by atoms with Gasteiger partial charge in [-0.25, -0.2) is 0 Å². The van der Waals surface area contributed by atoms with Crippen LogP contribution in [0.3, 0.4) is 0 Å². The molecular formula is C12H26NO3P. The van der Waals surface area contributed by atoms with E-state index in [9.17, 15) is 9.36 Å². The number of rotatable bonds is 5. The molecule has 0 saturated heterocycles. The van der Waals surface area contributed by atoms with Crippen molar-refractivity contribution < 1.29 is 14.2 Å². The zero-order valence-electron chi connectivity index (χ0n) is 12.2. The van der Waals surface area contributed by atoms with Crippen molar-refractivity contribution >= 4 is 12.9 Å². The Hall–Kier alpha value is -0.180. The van der Waals surface area contributed by atoms with Crippen LogP contribution in [-0.4, -0.2) is 30.5 Å². The van der Waals surface area contributed by atoms with E-state index in [1.807, 2.05) is 20.8 Å². The minimum atomic E-state index is -2.36. The van der Waals surface area contributed by atoms with Crippen LogP contribution in [0.25, 0.3) is 0 Å². The Morgan fingerprint density at radius 2 is 1.59 bits per heavy atom. The standard InChI is InChI=1S/C12H26NO3P/c1-9(14)12(5,6)16-13-10(11(2,3)4)17(7,8)15/h10,13H,1-8H3. The fraction of sp³-hybridized carbons (Fsp3) is 0.917. The normalized spacial score (nSPS) is 15.8. The average Bonchev–Trinajstić information content (AvgIpc) is 1.97. The molecule has 0 aliphatic rings. The second-order valence-electron chi connectivity index (χ2n) is 6.49. The predicted octanol–water partition coefficient (Wildman–Crippen LogP) is 2.87. The van der Waals surface area contributed by atoms with Crippen LogP contribution in [0.2, 0.25) is 0 Å². The highest BCUT2D eigenvalue weighted by Gasteiger charge is 2.37. The number of carbonyl (C=O) groups excluding carboxylic acids is 1. The Morgan fingerprint density at radius 3 is 1.82 bits per heavy atom. The summed E-state index contributed by atoms with van der Waals surface area (Å²) in [5.74, 6) is -0.353. The molecule has 0 aliphatic carbocycles. The predicted molar refractivity (Wildman–Crippen MR) is 71.7 cm³/mol. The van der Waals surface area contributed by atoms with Crippen LogP contribution in [0.15, 0.2) is 0 Å². The summed E-state index contributed by atoms with van der Waals surface area (Å²) in [5, 5.41) is 0. The van der Waals surface area contributed by atoms with Crippen molar-refractivity contribution in [1.82, 2.24) is 5.48 Å². The number of hydroxylamine groups is 1. The van der Waals surface area contributed by atoms with Crippen molar-refractivity contribution in [3.05, 3.63) is 0 Å². The van der Waals surface area contributed by atoms with E-state index >= 15 is 0 Å². The molecule has 0 heterocycles. The summed E-state index contributed by atoms with van der Waals surface area (Å²) in [6.45, 7) is 14.3. The van der Waals surface area contributed by atoms with Gasteiger partial charge < -0.3 is 4.57 Å². The van der Waals surface area contributed by atoms with Crippen molar-refractivity contribution in [3.63, 3.8) is 0 Å². The fourth-order valence-electron chi connectivity index (χ4n) is 1.51. The third kappa shape index (κ3) is 5.33. The molecule has 0 radical (unpaired) electrons. The summed E-state index contributed by atoms with van der Waals surface area (Å²) in [4.78, 5) is 16.8. The summed E-state index contributed by atoms with van der Waals surface area (Å²) in [6, 6.07) is 0. The summed E-state index contributed by atoms with van der Waals surface area (Å²) in [6.07, 6.45) is 0. The first-order valence-electron chi connectivity index (χ1n) is 5.77. The van der Waals surface area contributed by atoms with Gasteiger partial charge in [0.15, 0.2) is 5.78 Å². The van der Waals surface area contributed by atoms with E-state index in [1.54, 1.807) is 27.2 Å². The lowest BCUT2D eigenvalue weighted by atomic mass is 9.97. The number of hydrogen-bond donors (Lipinski definition) is 1. The van der Waals surface area contributed by atoms with Crippen LogP contribution < -0.4 is 5.48 Å². The van der Waals surface area contributed by atoms with Gasteiger partial charge in [-0.05, 0) is 39.5 Å². The number of Topliss-reactive ketones (excluding diaryl/α,β-unsaturated/α-hetero) is 1. The molecule has 0 aromatic carbocycles. The minimum Gasteiger partial charge on any atom is -0.322 e. The highest BCUT2D eigenvalue weighted by atomic mass is 31.2. The van der Waals surface area contributed by atoms with Crippen LogP contribution in [0.5, 0.6) is 0 Å². The molecule has 0 rings (SSSR count). The fourth-order valence-corrected chi connectivity index (χ4v) is 3.68. The largest absolute Gasteiger partial charge is 0.322 e. The van der Waals surface area contributed by atoms with E-state index in [-0.39, 0.29) is 17.0 Å². The van der Waals surface area contributed by atoms with Crippen molar-refractivity contribution in [2.24, 2.45) is 5.41 Å². The molecule has 4 nitrogen and oxygen atoms in total. The van der Waals surface area contributed by atoms with Gasteiger partial charge in [-0.2, -0.15) is 5.48 Å². The van der Waals surface area contributed by atoms with E-state index in [4.69, 9.17) is 4.84 Å². The van der Waals surface area contributed by atoms with Crippen molar-refractivity contribution in [3.8, 4) is 0 Å². The molecular weight excluding hydrogens is 237 g/mol. The van der Waals surface area contributed by atoms with Crippen molar-refractivity contribution in [2.75, 3.05) is 13.3 Å². The summed E-state index contributed by atoms with van der Waals surface area (Å²) in [5.41, 5.74) is 1.73. The SMILES string of the molecule is CC(=O)C(C)(C)ONC(C(C)(C)C)P(C)(C)=O. The van der Waals surface area contributed by atoms with Crippen LogP contribution >= 0.6 is 7.14 Å². The first-order chi connectivity index (χ1) is 7.28. The van der Waals surface area contributed by atoms with Gasteiger partial charge in [-0.1, -0.05) is 20.8 Å². The second kappa shape index (κ2) is 5.21. The molecule has 5 heteroatoms. The highest BCUT2D eigenvalue weighted by Crippen LogP contribution is 2.49. The molecule has 0 saturated carbocycles. The molecule has 0 bridgehead atoms. The Bertz CT molecular complexity index is 325. The van der Waals surface area contributed by atoms with Gasteiger partial charge in [0.05, 0.1) is 5.78 Å². The van der Waals surface area contributed by atoms with E-state index in [1.165, 1.54) is 6.92 Å². The Balaban J connectivity index is 4.83. The maximum Gasteiger partial charge on any atom is 0.163 e. The number of ketones is 1. The Kier molecular flexibility index (Phi) is 5.16. The zero-order chi connectivity index (χ0) is 14.1. The lowest BCUT2D eigenvalue weighted by Gasteiger charge is -2.36. The van der Waals surface area contributed by atoms with E-state index in [2.05, 4.69) is 5.48 Å². The Morgan fingerprint density at radius 1 is 1.18 bits per heavy atom. The van der Waals surface area contributed by atoms with Gasteiger partial charge in [-0.3, -0.25) is 9.63 Å². The van der Waals surface area contributed by atoms with Gasteiger partial charge in [0.2, 0.25) is 0 Å². The van der Waals surface area contributed by atoms with Crippen LogP contribution in [0.1, 0.15) is 41.5 Å². The van der Waals surface area contributed by atoms with Crippen LogP contribution in [0.4, 0.5) is 0 Å². The molecule has 0 aromatic rings. The minimum absolute atomic E-state index is 0.0697. The van der Waals surface area contributed by atoms with Crippen molar-refractivity contribution in [2.45, 2.75) is 52.9 Å². The zero-order valence-corrected chi connectivity index (χ0v) is 13.1. The van der Waals surface area contributed by atoms with Gasteiger partial charge in [0, 0.05) is 0 Å². The maximum atomic E-state index is 12.2. The lowest BCUT2D eigenvalue weighted by Crippen LogP contribution is -2.46. The molecule has 0 aliphatic heterocycles. The van der Waals surface area contributed by atoms with Gasteiger partial charge in [0.1, 0.15) is 12.7 Å². The van der Waals surface area contributed by atoms with Gasteiger partial charge in [0.25, 0.3) is 0 Å². The number of hydrogen-bond acceptors (Lipinski definition) is 4. The molecule has 102 valence electrons. The summed E-state index contributed by atoms with van der Waals surface area (Å²) >= 11 is 0. The van der Waals surface area contributed by atoms with E-state index in [0.29, 0.717) is 0 Å². The monoisotopic (exact) mass is 263 g/mol. The molecule has 0 amide bonds. The van der Waals surface area contributed by atoms with Crippen LogP contribution in [-0.2, 0) is 14.2 Å². The first-order valence-corrected chi connectivity index (χ1v) is 8.45. The molecule has 17 heavy (non-hydrogen) atoms. The number of nitrogens with one attached hydrogen (secondary N) is 1.